The van der Waals surface area contributed by atoms with Crippen LogP contribution in [0.25, 0.3) is 10.8 Å². The molecule has 2 aromatic rings. The quantitative estimate of drug-likeness (QED) is 0.473. The van der Waals surface area contributed by atoms with E-state index >= 15 is 0 Å². The zero-order chi connectivity index (χ0) is 12.6. The van der Waals surface area contributed by atoms with Crippen molar-refractivity contribution in [3.05, 3.63) is 30.3 Å². The van der Waals surface area contributed by atoms with E-state index in [1.165, 1.54) is 24.3 Å². The van der Waals surface area contributed by atoms with Gasteiger partial charge in [0.25, 0.3) is 0 Å². The van der Waals surface area contributed by atoms with Crippen LogP contribution >= 0.6 is 0 Å². The minimum Gasteiger partial charge on any atom is -0.507 e. The number of benzene rings is 2. The summed E-state index contributed by atoms with van der Waals surface area (Å²) in [6.07, 6.45) is 0. The van der Waals surface area contributed by atoms with Crippen LogP contribution in [0.2, 0.25) is 0 Å². The maximum absolute atomic E-state index is 10.9. The van der Waals surface area contributed by atoms with E-state index < -0.39 is 22.2 Å². The van der Waals surface area contributed by atoms with Crippen LogP contribution < -0.4 is 29.6 Å². The van der Waals surface area contributed by atoms with Gasteiger partial charge < -0.3 is 14.2 Å². The Balaban J connectivity index is 0.00000162. The second kappa shape index (κ2) is 6.25. The van der Waals surface area contributed by atoms with Gasteiger partial charge in [-0.05, 0) is 35.0 Å². The number of aromatic hydroxyl groups is 1. The molecule has 0 spiro atoms. The number of phenolic OH excluding ortho intramolecular Hbond substituents is 1. The Bertz CT molecular complexity index is 643. The first-order valence-electron chi connectivity index (χ1n) is 4.47. The molecule has 0 aliphatic heterocycles. The van der Waals surface area contributed by atoms with Crippen LogP contribution in [0.1, 0.15) is 0 Å². The molecule has 2 aromatic carbocycles. The van der Waals surface area contributed by atoms with Crippen molar-refractivity contribution in [1.29, 1.82) is 0 Å². The van der Waals surface area contributed by atoms with Crippen LogP contribution in [0.3, 0.4) is 0 Å². The van der Waals surface area contributed by atoms with Crippen molar-refractivity contribution in [2.45, 2.75) is 9.79 Å². The molecule has 5 nitrogen and oxygen atoms in total. The molecule has 0 heterocycles. The molecular formula is C10H8NaO5S2+. The van der Waals surface area contributed by atoms with Gasteiger partial charge in [0.1, 0.15) is 10.6 Å². The van der Waals surface area contributed by atoms with Crippen molar-refractivity contribution in [2.75, 3.05) is 0 Å². The normalized spacial score (nSPS) is 13.9. The molecule has 0 amide bonds. The van der Waals surface area contributed by atoms with Gasteiger partial charge in [0.2, 0.25) is 0 Å². The minimum absolute atomic E-state index is 0. The first kappa shape index (κ1) is 15.8. The molecule has 2 unspecified atom stereocenters. The molecule has 0 bridgehead atoms. The number of hydrogen-bond donors (Lipinski definition) is 3. The SMILES string of the molecule is O=S(O)c1ccc2cc(O)c(S(=O)O)cc2c1.[Na+]. The van der Waals surface area contributed by atoms with E-state index in [-0.39, 0.29) is 45.1 Å². The number of hydrogen-bond acceptors (Lipinski definition) is 3. The topological polar surface area (TPSA) is 94.8 Å². The Kier molecular flexibility index (Phi) is 5.47. The van der Waals surface area contributed by atoms with Gasteiger partial charge in [-0.3, -0.25) is 0 Å². The zero-order valence-electron chi connectivity index (χ0n) is 9.36. The fraction of sp³-hybridized carbons (Fsp3) is 0. The van der Waals surface area contributed by atoms with Gasteiger partial charge in [-0.25, -0.2) is 8.42 Å². The van der Waals surface area contributed by atoms with Crippen LogP contribution in [0.5, 0.6) is 5.75 Å². The van der Waals surface area contributed by atoms with Gasteiger partial charge in [0, 0.05) is 0 Å². The third-order valence-electron chi connectivity index (χ3n) is 2.28. The van der Waals surface area contributed by atoms with E-state index in [9.17, 15) is 13.5 Å². The fourth-order valence-electron chi connectivity index (χ4n) is 1.49. The first-order chi connectivity index (χ1) is 7.99. The molecule has 0 radical (unpaired) electrons. The van der Waals surface area contributed by atoms with Gasteiger partial charge >= 0.3 is 29.6 Å². The van der Waals surface area contributed by atoms with E-state index in [4.69, 9.17) is 9.11 Å². The first-order valence-corrected chi connectivity index (χ1v) is 6.69. The predicted octanol–water partition coefficient (Wildman–Crippen LogP) is -1.29. The van der Waals surface area contributed by atoms with E-state index in [1.807, 2.05) is 0 Å². The minimum atomic E-state index is -2.30. The van der Waals surface area contributed by atoms with Gasteiger partial charge in [0.15, 0.2) is 22.2 Å². The summed E-state index contributed by atoms with van der Waals surface area (Å²) >= 11 is -4.41. The molecule has 2 atom stereocenters. The maximum atomic E-state index is 10.9. The molecular weight excluding hydrogens is 287 g/mol. The monoisotopic (exact) mass is 295 g/mol. The van der Waals surface area contributed by atoms with Crippen molar-refractivity contribution >= 4 is 32.9 Å². The largest absolute Gasteiger partial charge is 1.00 e. The summed E-state index contributed by atoms with van der Waals surface area (Å²) in [7, 11) is 0. The summed E-state index contributed by atoms with van der Waals surface area (Å²) in [6.45, 7) is 0. The van der Waals surface area contributed by atoms with Crippen molar-refractivity contribution in [1.82, 2.24) is 0 Å². The Morgan fingerprint density at radius 2 is 1.56 bits per heavy atom. The van der Waals surface area contributed by atoms with E-state index in [0.717, 1.165) is 0 Å². The molecule has 0 aliphatic rings. The van der Waals surface area contributed by atoms with E-state index in [1.54, 1.807) is 6.07 Å². The van der Waals surface area contributed by atoms with Gasteiger partial charge in [-0.2, -0.15) is 0 Å². The maximum Gasteiger partial charge on any atom is 1.00 e. The number of rotatable bonds is 2. The second-order valence-corrected chi connectivity index (χ2v) is 5.24. The van der Waals surface area contributed by atoms with Crippen LogP contribution in [-0.4, -0.2) is 22.6 Å². The smallest absolute Gasteiger partial charge is 0.507 e. The second-order valence-electron chi connectivity index (χ2n) is 3.33. The summed E-state index contributed by atoms with van der Waals surface area (Å²) in [5.74, 6) is -0.281. The van der Waals surface area contributed by atoms with Gasteiger partial charge in [0.05, 0.1) is 4.90 Å². The Hall–Kier alpha value is -0.280. The average molecular weight is 295 g/mol. The van der Waals surface area contributed by atoms with Gasteiger partial charge in [-0.1, -0.05) is 6.07 Å². The summed E-state index contributed by atoms with van der Waals surface area (Å²) in [4.78, 5) is 0.0660. The van der Waals surface area contributed by atoms with Crippen LogP contribution in [0, 0.1) is 0 Å². The predicted molar refractivity (Wildman–Crippen MR) is 63.7 cm³/mol. The van der Waals surface area contributed by atoms with Gasteiger partial charge in [-0.15, -0.1) is 0 Å². The number of phenols is 1. The third-order valence-corrected chi connectivity index (χ3v) is 3.64. The van der Waals surface area contributed by atoms with Crippen molar-refractivity contribution in [2.24, 2.45) is 0 Å². The van der Waals surface area contributed by atoms with Crippen molar-refractivity contribution < 1.29 is 52.2 Å². The Morgan fingerprint density at radius 3 is 2.11 bits per heavy atom. The third kappa shape index (κ3) is 3.18. The fourth-order valence-corrected chi connectivity index (χ4v) is 2.37. The average Bonchev–Trinajstić information content (AvgIpc) is 2.27. The molecule has 0 aromatic heterocycles. The molecule has 3 N–H and O–H groups in total. The van der Waals surface area contributed by atoms with E-state index in [0.29, 0.717) is 10.8 Å². The Labute approximate surface area is 130 Å². The summed E-state index contributed by atoms with van der Waals surface area (Å²) < 4.78 is 39.7. The van der Waals surface area contributed by atoms with Crippen LogP contribution in [0.4, 0.5) is 0 Å². The molecule has 2 rings (SSSR count). The zero-order valence-corrected chi connectivity index (χ0v) is 13.0. The summed E-state index contributed by atoms with van der Waals surface area (Å²) in [5.41, 5.74) is 0. The van der Waals surface area contributed by atoms with Crippen molar-refractivity contribution in [3.63, 3.8) is 0 Å². The molecule has 0 saturated carbocycles. The molecule has 0 saturated heterocycles. The van der Waals surface area contributed by atoms with Crippen molar-refractivity contribution in [3.8, 4) is 5.75 Å². The van der Waals surface area contributed by atoms with Crippen LogP contribution in [-0.2, 0) is 22.2 Å². The van der Waals surface area contributed by atoms with Crippen LogP contribution in [0.15, 0.2) is 40.1 Å². The molecule has 0 aliphatic carbocycles. The number of fused-ring (bicyclic) bond motifs is 1. The molecule has 0 fully saturated rings. The summed E-state index contributed by atoms with van der Waals surface area (Å²) in [5, 5.41) is 10.6. The molecule has 90 valence electrons. The molecule has 8 heteroatoms. The molecule has 18 heavy (non-hydrogen) atoms. The van der Waals surface area contributed by atoms with E-state index in [2.05, 4.69) is 0 Å². The summed E-state index contributed by atoms with van der Waals surface area (Å²) in [6, 6.07) is 7.09. The Morgan fingerprint density at radius 1 is 0.889 bits per heavy atom. The standard InChI is InChI=1S/C10H8O5S2.Na/c11-9-4-6-1-2-8(16(12)13)3-7(6)5-10(9)17(14)15;/h1-5,11H,(H,12,13)(H,14,15);/q;+1.